The average Bonchev–Trinajstić information content (AvgIpc) is 2.92. The van der Waals surface area contributed by atoms with Crippen molar-refractivity contribution in [3.05, 3.63) is 0 Å². The van der Waals surface area contributed by atoms with Crippen LogP contribution in [0.1, 0.15) is 51.4 Å². The summed E-state index contributed by atoms with van der Waals surface area (Å²) in [6.45, 7) is 6.01. The fourth-order valence-corrected chi connectivity index (χ4v) is 4.83. The largest absolute Gasteiger partial charge is 0.356 e. The molecule has 1 unspecified atom stereocenters. The third kappa shape index (κ3) is 4.97. The molecule has 0 aromatic rings. The van der Waals surface area contributed by atoms with Crippen molar-refractivity contribution in [1.82, 2.24) is 15.1 Å². The topological polar surface area (TPSA) is 30.9 Å². The Morgan fingerprint density at radius 1 is 1.13 bits per heavy atom. The molecule has 1 aliphatic carbocycles. The number of aliphatic imine (C=N–C) groups is 1. The maximum atomic E-state index is 4.57. The molecule has 0 aromatic heterocycles. The summed E-state index contributed by atoms with van der Waals surface area (Å²) in [4.78, 5) is 9.56. The smallest absolute Gasteiger partial charge is 0.193 e. The van der Waals surface area contributed by atoms with Crippen LogP contribution in [-0.4, -0.2) is 62.6 Å². The maximum absolute atomic E-state index is 4.57. The van der Waals surface area contributed by atoms with E-state index in [4.69, 9.17) is 0 Å². The molecular weight excluding hydrogens is 399 g/mol. The van der Waals surface area contributed by atoms with Gasteiger partial charge >= 0.3 is 0 Å². The zero-order valence-electron chi connectivity index (χ0n) is 15.0. The monoisotopic (exact) mass is 434 g/mol. The second-order valence-electron chi connectivity index (χ2n) is 7.93. The van der Waals surface area contributed by atoms with Crippen molar-refractivity contribution >= 4 is 29.9 Å². The summed E-state index contributed by atoms with van der Waals surface area (Å²) in [6, 6.07) is 0. The highest BCUT2D eigenvalue weighted by Crippen LogP contribution is 2.43. The van der Waals surface area contributed by atoms with E-state index in [9.17, 15) is 0 Å². The number of hydrogen-bond donors (Lipinski definition) is 1. The molecule has 0 amide bonds. The van der Waals surface area contributed by atoms with E-state index in [0.29, 0.717) is 5.41 Å². The second-order valence-corrected chi connectivity index (χ2v) is 7.93. The van der Waals surface area contributed by atoms with Crippen LogP contribution in [0.15, 0.2) is 4.99 Å². The molecule has 134 valence electrons. The number of guanidine groups is 1. The van der Waals surface area contributed by atoms with Crippen LogP contribution in [0.4, 0.5) is 0 Å². The van der Waals surface area contributed by atoms with Gasteiger partial charge in [0.1, 0.15) is 0 Å². The van der Waals surface area contributed by atoms with Crippen molar-refractivity contribution in [3.8, 4) is 0 Å². The van der Waals surface area contributed by atoms with Gasteiger partial charge in [-0.3, -0.25) is 4.99 Å². The van der Waals surface area contributed by atoms with Crippen molar-refractivity contribution in [2.24, 2.45) is 16.3 Å². The summed E-state index contributed by atoms with van der Waals surface area (Å²) >= 11 is 0. The first-order valence-corrected chi connectivity index (χ1v) is 9.35. The predicted octanol–water partition coefficient (Wildman–Crippen LogP) is 3.18. The van der Waals surface area contributed by atoms with E-state index in [1.165, 1.54) is 77.5 Å². The highest BCUT2D eigenvalue weighted by Gasteiger charge is 2.39. The normalized spacial score (nSPS) is 28.7. The van der Waals surface area contributed by atoms with Crippen LogP contribution in [0, 0.1) is 11.3 Å². The van der Waals surface area contributed by atoms with Gasteiger partial charge in [-0.25, -0.2) is 0 Å². The van der Waals surface area contributed by atoms with E-state index >= 15 is 0 Å². The molecule has 4 nitrogen and oxygen atoms in total. The Balaban J connectivity index is 0.00000192. The van der Waals surface area contributed by atoms with Gasteiger partial charge in [-0.2, -0.15) is 0 Å². The molecule has 1 atom stereocenters. The zero-order chi connectivity index (χ0) is 15.4. The Kier molecular flexibility index (Phi) is 7.45. The van der Waals surface area contributed by atoms with Gasteiger partial charge in [0.15, 0.2) is 5.96 Å². The standard InChI is InChI=1S/C18H34N4.HI/c1-19-17(20-13-16-7-6-11-21(2)14-16)22-12-10-18(15-22)8-4-3-5-9-18;/h16H,3-15H2,1-2H3,(H,19,20);1H. The molecule has 23 heavy (non-hydrogen) atoms. The number of piperidine rings is 1. The van der Waals surface area contributed by atoms with E-state index in [1.807, 2.05) is 7.05 Å². The van der Waals surface area contributed by atoms with E-state index in [0.717, 1.165) is 18.4 Å². The van der Waals surface area contributed by atoms with Gasteiger partial charge in [-0.15, -0.1) is 24.0 Å². The lowest BCUT2D eigenvalue weighted by Crippen LogP contribution is -2.45. The highest BCUT2D eigenvalue weighted by molar-refractivity contribution is 14.0. The van der Waals surface area contributed by atoms with E-state index in [2.05, 4.69) is 27.2 Å². The summed E-state index contributed by atoms with van der Waals surface area (Å²) in [5, 5.41) is 3.67. The third-order valence-electron chi connectivity index (χ3n) is 6.13. The minimum absolute atomic E-state index is 0. The molecule has 2 aliphatic heterocycles. The van der Waals surface area contributed by atoms with Crippen molar-refractivity contribution in [3.63, 3.8) is 0 Å². The van der Waals surface area contributed by atoms with Gasteiger partial charge in [-0.05, 0) is 57.0 Å². The average molecular weight is 434 g/mol. The number of hydrogen-bond acceptors (Lipinski definition) is 2. The molecule has 1 N–H and O–H groups in total. The lowest BCUT2D eigenvalue weighted by Gasteiger charge is -2.34. The Morgan fingerprint density at radius 3 is 2.61 bits per heavy atom. The summed E-state index contributed by atoms with van der Waals surface area (Å²) < 4.78 is 0. The van der Waals surface area contributed by atoms with Gasteiger partial charge < -0.3 is 15.1 Å². The molecule has 3 rings (SSSR count). The van der Waals surface area contributed by atoms with Crippen molar-refractivity contribution in [2.75, 3.05) is 46.8 Å². The number of likely N-dealkylation sites (tertiary alicyclic amines) is 2. The first-order valence-electron chi connectivity index (χ1n) is 9.35. The molecule has 2 saturated heterocycles. The Morgan fingerprint density at radius 2 is 1.91 bits per heavy atom. The number of halogens is 1. The van der Waals surface area contributed by atoms with E-state index < -0.39 is 0 Å². The Hall–Kier alpha value is -0.0400. The molecule has 3 fully saturated rings. The van der Waals surface area contributed by atoms with Crippen LogP contribution in [0.5, 0.6) is 0 Å². The number of rotatable bonds is 2. The molecule has 0 aromatic carbocycles. The highest BCUT2D eigenvalue weighted by atomic mass is 127. The minimum Gasteiger partial charge on any atom is -0.356 e. The summed E-state index contributed by atoms with van der Waals surface area (Å²) in [5.41, 5.74) is 0.612. The van der Waals surface area contributed by atoms with Crippen LogP contribution < -0.4 is 5.32 Å². The van der Waals surface area contributed by atoms with Gasteiger partial charge in [0.25, 0.3) is 0 Å². The minimum atomic E-state index is 0. The summed E-state index contributed by atoms with van der Waals surface area (Å²) in [6.07, 6.45) is 11.3. The maximum Gasteiger partial charge on any atom is 0.193 e. The van der Waals surface area contributed by atoms with Gasteiger partial charge in [0, 0.05) is 33.2 Å². The Labute approximate surface area is 159 Å². The molecule has 0 radical (unpaired) electrons. The van der Waals surface area contributed by atoms with Crippen LogP contribution in [0.2, 0.25) is 0 Å². The molecular formula is C18H35IN4. The SMILES string of the molecule is CN=C(NCC1CCCN(C)C1)N1CCC2(CCCCC2)C1.I. The number of nitrogens with zero attached hydrogens (tertiary/aromatic N) is 3. The van der Waals surface area contributed by atoms with Crippen LogP contribution >= 0.6 is 24.0 Å². The number of nitrogens with one attached hydrogen (secondary N) is 1. The first-order chi connectivity index (χ1) is 10.7. The molecule has 1 saturated carbocycles. The Bertz CT molecular complexity index is 392. The van der Waals surface area contributed by atoms with E-state index in [-0.39, 0.29) is 24.0 Å². The lowest BCUT2D eigenvalue weighted by molar-refractivity contribution is 0.200. The molecule has 1 spiro atoms. The second kappa shape index (κ2) is 8.88. The summed E-state index contributed by atoms with van der Waals surface area (Å²) in [5.74, 6) is 1.93. The molecule has 3 aliphatic rings. The lowest BCUT2D eigenvalue weighted by atomic mass is 9.73. The van der Waals surface area contributed by atoms with Gasteiger partial charge in [0.05, 0.1) is 0 Å². The molecule has 5 heteroatoms. The van der Waals surface area contributed by atoms with Crippen molar-refractivity contribution < 1.29 is 0 Å². The fraction of sp³-hybridized carbons (Fsp3) is 0.944. The van der Waals surface area contributed by atoms with Gasteiger partial charge in [0.2, 0.25) is 0 Å². The molecule has 2 heterocycles. The fourth-order valence-electron chi connectivity index (χ4n) is 4.83. The quantitative estimate of drug-likeness (QED) is 0.412. The van der Waals surface area contributed by atoms with Crippen LogP contribution in [-0.2, 0) is 0 Å². The van der Waals surface area contributed by atoms with Crippen LogP contribution in [0.25, 0.3) is 0 Å². The summed E-state index contributed by atoms with van der Waals surface area (Å²) in [7, 11) is 4.19. The predicted molar refractivity (Wildman–Crippen MR) is 109 cm³/mol. The van der Waals surface area contributed by atoms with Crippen LogP contribution in [0.3, 0.4) is 0 Å². The van der Waals surface area contributed by atoms with Crippen molar-refractivity contribution in [1.29, 1.82) is 0 Å². The van der Waals surface area contributed by atoms with Gasteiger partial charge in [-0.1, -0.05) is 19.3 Å². The van der Waals surface area contributed by atoms with Crippen molar-refractivity contribution in [2.45, 2.75) is 51.4 Å². The third-order valence-corrected chi connectivity index (χ3v) is 6.13. The van der Waals surface area contributed by atoms with E-state index in [1.54, 1.807) is 0 Å². The zero-order valence-corrected chi connectivity index (χ0v) is 17.3. The molecule has 0 bridgehead atoms. The first kappa shape index (κ1) is 19.3.